The number of halogens is 2. The molecule has 15 nitrogen and oxygen atoms in total. The molecule has 0 aliphatic carbocycles. The van der Waals surface area contributed by atoms with Gasteiger partial charge in [0.15, 0.2) is 16.6 Å². The van der Waals surface area contributed by atoms with E-state index >= 15 is 4.39 Å². The van der Waals surface area contributed by atoms with Crippen molar-refractivity contribution in [3.8, 4) is 17.1 Å². The van der Waals surface area contributed by atoms with Crippen molar-refractivity contribution in [1.82, 2.24) is 49.2 Å². The number of aromatic nitrogens is 9. The van der Waals surface area contributed by atoms with Crippen molar-refractivity contribution in [3.05, 3.63) is 83.9 Å². The molecule has 2 unspecified atom stereocenters. The van der Waals surface area contributed by atoms with Crippen molar-refractivity contribution in [2.75, 3.05) is 53.2 Å². The number of hydrogen-bond donors (Lipinski definition) is 1. The Labute approximate surface area is 335 Å². The molecule has 4 atom stereocenters. The van der Waals surface area contributed by atoms with Crippen LogP contribution in [-0.4, -0.2) is 112 Å². The Hall–Kier alpha value is -6.30. The van der Waals surface area contributed by atoms with Crippen molar-refractivity contribution in [1.29, 1.82) is 0 Å². The maximum atomic E-state index is 15.4. The maximum absolute atomic E-state index is 15.4. The van der Waals surface area contributed by atoms with E-state index in [1.165, 1.54) is 16.8 Å². The van der Waals surface area contributed by atoms with Gasteiger partial charge in [0, 0.05) is 69.7 Å². The summed E-state index contributed by atoms with van der Waals surface area (Å²) in [6, 6.07) is 10.6. The van der Waals surface area contributed by atoms with Crippen LogP contribution in [0.2, 0.25) is 0 Å². The molecular formula is C40H38F2N14OS. The minimum Gasteiger partial charge on any atom is -0.365 e. The molecule has 1 aromatic carbocycles. The smallest absolute Gasteiger partial charge is 0.245 e. The Morgan fingerprint density at radius 1 is 0.931 bits per heavy atom. The Balaban J connectivity index is 1.01. The van der Waals surface area contributed by atoms with Crippen LogP contribution in [0.4, 0.5) is 31.5 Å². The van der Waals surface area contributed by atoms with E-state index in [9.17, 15) is 9.18 Å². The largest absolute Gasteiger partial charge is 0.365 e. The molecule has 0 radical (unpaired) electrons. The van der Waals surface area contributed by atoms with E-state index in [0.717, 1.165) is 59.0 Å². The Kier molecular flexibility index (Phi) is 8.06. The van der Waals surface area contributed by atoms with E-state index in [0.29, 0.717) is 61.1 Å². The number of rotatable bonds is 4. The van der Waals surface area contributed by atoms with Gasteiger partial charge >= 0.3 is 0 Å². The van der Waals surface area contributed by atoms with E-state index in [1.807, 2.05) is 54.7 Å². The Morgan fingerprint density at radius 3 is 2.64 bits per heavy atom. The molecule has 11 heterocycles. The first-order valence-corrected chi connectivity index (χ1v) is 20.4. The SMILES string of the molecule is Cc1nc2ccnc3c2n1CCCN(C)C(=O)[C@@H]1C[C@@H](CN1c1nc(N2C4CC2CN(c2nccs2)C4)nc2c1cnn2-c1ccc(F)cc1F)Nc1cccc-3n1. The fraction of sp³-hybridized carbons (Fsp3) is 0.350. The number of likely N-dealkylation sites (N-methyl/N-ethyl adjacent to an activating group) is 1. The zero-order valence-electron chi connectivity index (χ0n) is 31.7. The summed E-state index contributed by atoms with van der Waals surface area (Å²) >= 11 is 1.62. The van der Waals surface area contributed by atoms with Crippen molar-refractivity contribution in [2.45, 2.75) is 56.9 Å². The van der Waals surface area contributed by atoms with Crippen LogP contribution in [0.1, 0.15) is 25.1 Å². The highest BCUT2D eigenvalue weighted by molar-refractivity contribution is 7.13. The number of carbonyl (C=O) groups is 1. The number of nitrogens with one attached hydrogen (secondary N) is 1. The first-order valence-electron chi connectivity index (χ1n) is 19.5. The minimum atomic E-state index is -0.765. The summed E-state index contributed by atoms with van der Waals surface area (Å²) in [6.45, 7) is 5.07. The molecule has 12 rings (SSSR count). The van der Waals surface area contributed by atoms with Gasteiger partial charge < -0.3 is 29.5 Å². The minimum absolute atomic E-state index is 0.0411. The topological polar surface area (TPSA) is 142 Å². The number of piperidine rings is 1. The number of aryl methyl sites for hydroxylation is 2. The lowest BCUT2D eigenvalue weighted by molar-refractivity contribution is -0.131. The predicted octanol–water partition coefficient (Wildman–Crippen LogP) is 5.05. The summed E-state index contributed by atoms with van der Waals surface area (Å²) in [7, 11) is 1.85. The lowest BCUT2D eigenvalue weighted by Gasteiger charge is -2.56. The number of anilines is 4. The van der Waals surface area contributed by atoms with Crippen molar-refractivity contribution in [2.24, 2.45) is 0 Å². The van der Waals surface area contributed by atoms with Gasteiger partial charge in [-0.05, 0) is 56.5 Å². The molecule has 1 amide bonds. The van der Waals surface area contributed by atoms with Gasteiger partial charge in [-0.3, -0.25) is 9.78 Å². The molecule has 7 aromatic rings. The third-order valence-electron chi connectivity index (χ3n) is 11.9. The molecule has 4 saturated heterocycles. The predicted molar refractivity (Wildman–Crippen MR) is 216 cm³/mol. The summed E-state index contributed by atoms with van der Waals surface area (Å²) < 4.78 is 33.1. The average Bonchev–Trinajstić information content (AvgIpc) is 4.04. The van der Waals surface area contributed by atoms with Crippen LogP contribution < -0.4 is 20.0 Å². The summed E-state index contributed by atoms with van der Waals surface area (Å²) in [5.41, 5.74) is 3.69. The molecule has 5 aliphatic rings. The van der Waals surface area contributed by atoms with Crippen LogP contribution in [0.15, 0.2) is 66.4 Å². The molecule has 0 saturated carbocycles. The normalized spacial score (nSPS) is 22.0. The average molecular weight is 801 g/mol. The molecule has 6 bridgehead atoms. The van der Waals surface area contributed by atoms with Crippen molar-refractivity contribution >= 4 is 62.0 Å². The molecule has 0 spiro atoms. The number of imidazole rings is 1. The fourth-order valence-electron chi connectivity index (χ4n) is 9.26. The molecule has 6 aromatic heterocycles. The quantitative estimate of drug-likeness (QED) is 0.255. The number of fused-ring (bicyclic) bond motifs is 8. The highest BCUT2D eigenvalue weighted by Crippen LogP contribution is 2.41. The van der Waals surface area contributed by atoms with Gasteiger partial charge in [0.2, 0.25) is 11.9 Å². The second-order valence-corrected chi connectivity index (χ2v) is 16.4. The molecule has 58 heavy (non-hydrogen) atoms. The number of benzene rings is 1. The van der Waals surface area contributed by atoms with Crippen LogP contribution in [0.5, 0.6) is 0 Å². The van der Waals surface area contributed by atoms with Crippen LogP contribution in [0.25, 0.3) is 39.1 Å². The second-order valence-electron chi connectivity index (χ2n) is 15.5. The van der Waals surface area contributed by atoms with E-state index in [-0.39, 0.29) is 29.7 Å². The van der Waals surface area contributed by atoms with E-state index in [2.05, 4.69) is 29.8 Å². The summed E-state index contributed by atoms with van der Waals surface area (Å²) in [5.74, 6) is 1.05. The lowest BCUT2D eigenvalue weighted by atomic mass is 9.88. The van der Waals surface area contributed by atoms with Crippen molar-refractivity contribution < 1.29 is 13.6 Å². The maximum Gasteiger partial charge on any atom is 0.245 e. The summed E-state index contributed by atoms with van der Waals surface area (Å²) in [5, 5.41) is 11.8. The van der Waals surface area contributed by atoms with Gasteiger partial charge in [-0.2, -0.15) is 15.1 Å². The van der Waals surface area contributed by atoms with Crippen LogP contribution in [0.3, 0.4) is 0 Å². The summed E-state index contributed by atoms with van der Waals surface area (Å²) in [4.78, 5) is 52.6. The molecular weight excluding hydrogens is 763 g/mol. The standard InChI is InChI=1S/C40H38F2N14OS/c1-22-46-30-9-10-43-34-29-5-3-6-33(48-29)47-24-16-32(38(57)51(2)12-4-13-53(22)35(30)34)54(19-24)36-27-18-45-56(31-8-7-23(41)15-28(31)42)37(27)50-39(49-36)55-25-17-26(55)21-52(20-25)40-44-11-14-58-40/h3,5-11,14-15,18,24-26,32H,4,12-13,16-17,19-21H2,1-2H3,(H,47,48)/t24-,25?,26?,32-/m0/s1. The van der Waals surface area contributed by atoms with Gasteiger partial charge in [0.05, 0.1) is 40.4 Å². The summed E-state index contributed by atoms with van der Waals surface area (Å²) in [6.07, 6.45) is 7.34. The Bertz CT molecular complexity index is 2730. The van der Waals surface area contributed by atoms with Crippen LogP contribution in [-0.2, 0) is 11.3 Å². The molecule has 18 heteroatoms. The Morgan fingerprint density at radius 2 is 1.81 bits per heavy atom. The third kappa shape index (κ3) is 5.63. The van der Waals surface area contributed by atoms with Gasteiger partial charge in [0.1, 0.15) is 40.7 Å². The number of thiazole rings is 1. The molecule has 5 aliphatic heterocycles. The number of nitrogens with zero attached hydrogens (tertiary/aromatic N) is 13. The fourth-order valence-corrected chi connectivity index (χ4v) is 9.93. The highest BCUT2D eigenvalue weighted by atomic mass is 32.1. The van der Waals surface area contributed by atoms with E-state index in [1.54, 1.807) is 28.6 Å². The highest BCUT2D eigenvalue weighted by Gasteiger charge is 2.48. The van der Waals surface area contributed by atoms with Gasteiger partial charge in [-0.15, -0.1) is 11.3 Å². The number of pyridine rings is 2. The zero-order valence-corrected chi connectivity index (χ0v) is 32.5. The van der Waals surface area contributed by atoms with E-state index < -0.39 is 17.7 Å². The first-order chi connectivity index (χ1) is 28.3. The molecule has 294 valence electrons. The van der Waals surface area contributed by atoms with Gasteiger partial charge in [-0.1, -0.05) is 6.07 Å². The van der Waals surface area contributed by atoms with Gasteiger partial charge in [0.25, 0.3) is 0 Å². The number of hydrogen-bond acceptors (Lipinski definition) is 13. The zero-order chi connectivity index (χ0) is 39.2. The second kappa shape index (κ2) is 13.4. The van der Waals surface area contributed by atoms with Crippen LogP contribution in [0, 0.1) is 18.6 Å². The monoisotopic (exact) mass is 800 g/mol. The van der Waals surface area contributed by atoms with Crippen molar-refractivity contribution in [3.63, 3.8) is 0 Å². The first kappa shape index (κ1) is 34.9. The van der Waals surface area contributed by atoms with E-state index in [4.69, 9.17) is 24.9 Å². The van der Waals surface area contributed by atoms with Crippen LogP contribution >= 0.6 is 11.3 Å². The third-order valence-corrected chi connectivity index (χ3v) is 12.8. The number of carbonyl (C=O) groups excluding carboxylic acids is 1. The molecule has 4 fully saturated rings. The lowest BCUT2D eigenvalue weighted by Crippen LogP contribution is -2.69. The number of piperazine rings is 1. The van der Waals surface area contributed by atoms with Gasteiger partial charge in [-0.25, -0.2) is 28.4 Å². The number of amides is 1. The molecule has 1 N–H and O–H groups in total.